The van der Waals surface area contributed by atoms with Crippen LogP contribution in [0, 0.1) is 0 Å². The van der Waals surface area contributed by atoms with E-state index in [0.29, 0.717) is 6.10 Å². The third kappa shape index (κ3) is 3.25. The third-order valence-corrected chi connectivity index (χ3v) is 3.97. The molecule has 2 aromatic rings. The van der Waals surface area contributed by atoms with Crippen LogP contribution in [-0.2, 0) is 17.7 Å². The zero-order chi connectivity index (χ0) is 13.1. The Morgan fingerprint density at radius 2 is 2.37 bits per heavy atom. The highest BCUT2D eigenvalue weighted by Gasteiger charge is 2.17. The van der Waals surface area contributed by atoms with Crippen molar-refractivity contribution in [2.75, 3.05) is 6.61 Å². The number of ether oxygens (including phenoxy) is 1. The molecule has 1 fully saturated rings. The largest absolute Gasteiger partial charge is 0.376 e. The molecule has 1 aliphatic rings. The second-order valence-electron chi connectivity index (χ2n) is 4.94. The summed E-state index contributed by atoms with van der Waals surface area (Å²) in [7, 11) is 0. The van der Waals surface area contributed by atoms with Crippen LogP contribution in [0.25, 0.3) is 0 Å². The van der Waals surface area contributed by atoms with E-state index in [9.17, 15) is 0 Å². The van der Waals surface area contributed by atoms with Crippen LogP contribution in [0.4, 0.5) is 0 Å². The molecule has 0 N–H and O–H groups in total. The summed E-state index contributed by atoms with van der Waals surface area (Å²) >= 11 is 3.51. The molecule has 1 atom stereocenters. The van der Waals surface area contributed by atoms with E-state index in [2.05, 4.69) is 49.9 Å². The molecule has 1 saturated heterocycles. The van der Waals surface area contributed by atoms with Crippen molar-refractivity contribution in [3.05, 3.63) is 52.5 Å². The molecule has 2 heterocycles. The lowest BCUT2D eigenvalue weighted by molar-refractivity contribution is 0.0963. The van der Waals surface area contributed by atoms with Crippen LogP contribution in [-0.4, -0.2) is 22.3 Å². The van der Waals surface area contributed by atoms with Crippen LogP contribution in [0.2, 0.25) is 0 Å². The summed E-state index contributed by atoms with van der Waals surface area (Å²) < 4.78 is 9.03. The molecule has 0 aliphatic carbocycles. The molecule has 1 aromatic heterocycles. The van der Waals surface area contributed by atoms with Crippen molar-refractivity contribution in [2.45, 2.75) is 31.9 Å². The predicted octanol–water partition coefficient (Wildman–Crippen LogP) is 3.42. The molecule has 3 nitrogen and oxygen atoms in total. The second kappa shape index (κ2) is 5.88. The Labute approximate surface area is 121 Å². The summed E-state index contributed by atoms with van der Waals surface area (Å²) in [6, 6.07) is 8.38. The molecule has 0 amide bonds. The molecule has 0 spiro atoms. The van der Waals surface area contributed by atoms with Crippen LogP contribution < -0.4 is 0 Å². The van der Waals surface area contributed by atoms with Gasteiger partial charge in [-0.05, 0) is 30.5 Å². The van der Waals surface area contributed by atoms with E-state index in [1.807, 2.05) is 12.3 Å². The minimum absolute atomic E-state index is 0.357. The fourth-order valence-corrected chi connectivity index (χ4v) is 2.96. The van der Waals surface area contributed by atoms with Gasteiger partial charge >= 0.3 is 0 Å². The summed E-state index contributed by atoms with van der Waals surface area (Å²) in [5.41, 5.74) is 1.27. The first-order valence-corrected chi connectivity index (χ1v) is 7.46. The first-order valence-electron chi connectivity index (χ1n) is 6.67. The van der Waals surface area contributed by atoms with Crippen LogP contribution >= 0.6 is 15.9 Å². The van der Waals surface area contributed by atoms with E-state index >= 15 is 0 Å². The van der Waals surface area contributed by atoms with Crippen molar-refractivity contribution in [3.8, 4) is 0 Å². The summed E-state index contributed by atoms with van der Waals surface area (Å²) in [6.45, 7) is 1.82. The first kappa shape index (κ1) is 12.9. The highest BCUT2D eigenvalue weighted by atomic mass is 79.9. The molecule has 1 aromatic carbocycles. The molecular weight excluding hydrogens is 304 g/mol. The Bertz CT molecular complexity index is 547. The molecule has 19 heavy (non-hydrogen) atoms. The van der Waals surface area contributed by atoms with Crippen molar-refractivity contribution >= 4 is 15.9 Å². The van der Waals surface area contributed by atoms with E-state index in [1.165, 1.54) is 12.0 Å². The Morgan fingerprint density at radius 3 is 3.16 bits per heavy atom. The molecular formula is C15H17BrN2O. The van der Waals surface area contributed by atoms with Gasteiger partial charge in [-0.2, -0.15) is 0 Å². The Morgan fingerprint density at radius 1 is 1.42 bits per heavy atom. The number of hydrogen-bond acceptors (Lipinski definition) is 2. The maximum atomic E-state index is 5.69. The number of hydrogen-bond donors (Lipinski definition) is 0. The summed E-state index contributed by atoms with van der Waals surface area (Å²) in [6.07, 6.45) is 7.49. The summed E-state index contributed by atoms with van der Waals surface area (Å²) in [4.78, 5) is 4.48. The van der Waals surface area contributed by atoms with Gasteiger partial charge in [-0.25, -0.2) is 4.98 Å². The van der Waals surface area contributed by atoms with Gasteiger partial charge in [0.25, 0.3) is 0 Å². The number of imidazole rings is 1. The van der Waals surface area contributed by atoms with E-state index < -0.39 is 0 Å². The lowest BCUT2D eigenvalue weighted by Crippen LogP contribution is -2.16. The number of halogens is 1. The normalized spacial score (nSPS) is 18.9. The van der Waals surface area contributed by atoms with E-state index in [1.54, 1.807) is 0 Å². The highest BCUT2D eigenvalue weighted by molar-refractivity contribution is 9.10. The highest BCUT2D eigenvalue weighted by Crippen LogP contribution is 2.17. The van der Waals surface area contributed by atoms with Crippen molar-refractivity contribution < 1.29 is 4.74 Å². The standard InChI is InChI=1S/C15H17BrN2O/c16-13-4-1-3-12(9-13)10-15-17-6-7-18(15)11-14-5-2-8-19-14/h1,3-4,6-7,9,14H,2,5,8,10-11H2. The van der Waals surface area contributed by atoms with Crippen molar-refractivity contribution in [1.29, 1.82) is 0 Å². The molecule has 0 saturated carbocycles. The Kier molecular flexibility index (Phi) is 3.99. The molecule has 4 heteroatoms. The summed E-state index contributed by atoms with van der Waals surface area (Å²) in [5.74, 6) is 1.11. The zero-order valence-corrected chi connectivity index (χ0v) is 12.3. The van der Waals surface area contributed by atoms with E-state index in [0.717, 1.165) is 36.3 Å². The topological polar surface area (TPSA) is 27.1 Å². The van der Waals surface area contributed by atoms with Gasteiger partial charge in [-0.15, -0.1) is 0 Å². The van der Waals surface area contributed by atoms with Crippen LogP contribution in [0.3, 0.4) is 0 Å². The monoisotopic (exact) mass is 320 g/mol. The number of nitrogens with zero attached hydrogens (tertiary/aromatic N) is 2. The molecule has 100 valence electrons. The Hall–Kier alpha value is -1.13. The van der Waals surface area contributed by atoms with Gasteiger partial charge in [0.1, 0.15) is 5.82 Å². The summed E-state index contributed by atoms with van der Waals surface area (Å²) in [5, 5.41) is 0. The molecule has 3 rings (SSSR count). The van der Waals surface area contributed by atoms with Gasteiger partial charge in [-0.3, -0.25) is 0 Å². The van der Waals surface area contributed by atoms with Gasteiger partial charge in [0.15, 0.2) is 0 Å². The quantitative estimate of drug-likeness (QED) is 0.863. The molecule has 1 unspecified atom stereocenters. The average Bonchev–Trinajstić information content (AvgIpc) is 3.03. The van der Waals surface area contributed by atoms with Crippen LogP contribution in [0.5, 0.6) is 0 Å². The smallest absolute Gasteiger partial charge is 0.113 e. The van der Waals surface area contributed by atoms with Crippen molar-refractivity contribution in [3.63, 3.8) is 0 Å². The maximum Gasteiger partial charge on any atom is 0.113 e. The van der Waals surface area contributed by atoms with E-state index in [4.69, 9.17) is 4.74 Å². The van der Waals surface area contributed by atoms with Crippen LogP contribution in [0.1, 0.15) is 24.2 Å². The van der Waals surface area contributed by atoms with Gasteiger partial charge in [0.2, 0.25) is 0 Å². The second-order valence-corrected chi connectivity index (χ2v) is 5.85. The number of benzene rings is 1. The third-order valence-electron chi connectivity index (χ3n) is 3.48. The minimum atomic E-state index is 0.357. The van der Waals surface area contributed by atoms with E-state index in [-0.39, 0.29) is 0 Å². The molecule has 0 radical (unpaired) electrons. The number of aromatic nitrogens is 2. The Balaban J connectivity index is 1.72. The minimum Gasteiger partial charge on any atom is -0.376 e. The average molecular weight is 321 g/mol. The lowest BCUT2D eigenvalue weighted by atomic mass is 10.1. The molecule has 1 aliphatic heterocycles. The lowest BCUT2D eigenvalue weighted by Gasteiger charge is -2.13. The maximum absolute atomic E-state index is 5.69. The zero-order valence-electron chi connectivity index (χ0n) is 10.8. The first-order chi connectivity index (χ1) is 9.31. The van der Waals surface area contributed by atoms with Gasteiger partial charge < -0.3 is 9.30 Å². The van der Waals surface area contributed by atoms with Gasteiger partial charge in [-0.1, -0.05) is 28.1 Å². The number of rotatable bonds is 4. The fraction of sp³-hybridized carbons (Fsp3) is 0.400. The van der Waals surface area contributed by atoms with Crippen molar-refractivity contribution in [1.82, 2.24) is 9.55 Å². The van der Waals surface area contributed by atoms with Crippen LogP contribution in [0.15, 0.2) is 41.1 Å². The predicted molar refractivity (Wildman–Crippen MR) is 78.1 cm³/mol. The molecule has 0 bridgehead atoms. The van der Waals surface area contributed by atoms with Gasteiger partial charge in [0.05, 0.1) is 12.6 Å². The SMILES string of the molecule is Brc1cccc(Cc2nccn2CC2CCCO2)c1. The van der Waals surface area contributed by atoms with Gasteiger partial charge in [0, 0.05) is 29.9 Å². The fourth-order valence-electron chi connectivity index (χ4n) is 2.51. The van der Waals surface area contributed by atoms with Crippen molar-refractivity contribution in [2.24, 2.45) is 0 Å².